The Bertz CT molecular complexity index is 1450. The van der Waals surface area contributed by atoms with Crippen molar-refractivity contribution in [2.75, 3.05) is 12.4 Å². The second-order valence-electron chi connectivity index (χ2n) is 9.43. The van der Waals surface area contributed by atoms with Gasteiger partial charge in [0.15, 0.2) is 0 Å². The third-order valence-corrected chi connectivity index (χ3v) is 6.65. The molecule has 1 N–H and O–H groups in total. The maximum atomic E-state index is 14.0. The molecule has 2 amide bonds. The molecule has 0 heterocycles. The molecule has 0 unspecified atom stereocenters. The monoisotopic (exact) mass is 528 g/mol. The van der Waals surface area contributed by atoms with E-state index in [1.54, 1.807) is 7.11 Å². The summed E-state index contributed by atoms with van der Waals surface area (Å²) in [6, 6.07) is 45.1. The fourth-order valence-corrected chi connectivity index (χ4v) is 4.63. The highest BCUT2D eigenvalue weighted by molar-refractivity contribution is 5.90. The van der Waals surface area contributed by atoms with Crippen molar-refractivity contribution in [1.29, 1.82) is 0 Å². The Balaban J connectivity index is 1.44. The van der Waals surface area contributed by atoms with Crippen molar-refractivity contribution < 1.29 is 14.3 Å². The number of nitrogens with one attached hydrogen (secondary N) is 1. The van der Waals surface area contributed by atoms with Crippen molar-refractivity contribution >= 4 is 11.7 Å². The number of methoxy groups -OCH3 is 1. The zero-order valence-corrected chi connectivity index (χ0v) is 22.4. The van der Waals surface area contributed by atoms with Crippen LogP contribution in [0, 0.1) is 0 Å². The molecule has 5 aromatic carbocycles. The average Bonchev–Trinajstić information content (AvgIpc) is 3.02. The van der Waals surface area contributed by atoms with E-state index in [2.05, 4.69) is 29.6 Å². The number of urea groups is 1. The van der Waals surface area contributed by atoms with Crippen molar-refractivity contribution in [3.63, 3.8) is 0 Å². The van der Waals surface area contributed by atoms with E-state index in [0.717, 1.165) is 28.0 Å². The predicted octanol–water partition coefficient (Wildman–Crippen LogP) is 8.10. The van der Waals surface area contributed by atoms with Gasteiger partial charge in [0.25, 0.3) is 0 Å². The summed E-state index contributed by atoms with van der Waals surface area (Å²) in [5.41, 5.74) is 4.82. The number of carbonyl (C=O) groups excluding carboxylic acids is 1. The van der Waals surface area contributed by atoms with Gasteiger partial charge in [-0.15, -0.1) is 0 Å². The van der Waals surface area contributed by atoms with Crippen LogP contribution in [-0.4, -0.2) is 18.0 Å². The Morgan fingerprint density at radius 1 is 0.675 bits per heavy atom. The average molecular weight is 529 g/mol. The Hall–Kier alpha value is -5.03. The predicted molar refractivity (Wildman–Crippen MR) is 159 cm³/mol. The highest BCUT2D eigenvalue weighted by Crippen LogP contribution is 2.31. The van der Waals surface area contributed by atoms with E-state index >= 15 is 0 Å². The number of nitrogens with zero attached hydrogens (tertiary/aromatic N) is 1. The van der Waals surface area contributed by atoms with Crippen molar-refractivity contribution in [1.82, 2.24) is 4.90 Å². The highest BCUT2D eigenvalue weighted by atomic mass is 16.5. The number of rotatable bonds is 10. The van der Waals surface area contributed by atoms with Crippen molar-refractivity contribution in [2.45, 2.75) is 19.2 Å². The summed E-state index contributed by atoms with van der Waals surface area (Å²) < 4.78 is 11.3. The molecule has 0 aliphatic carbocycles. The van der Waals surface area contributed by atoms with Gasteiger partial charge in [-0.1, -0.05) is 109 Å². The van der Waals surface area contributed by atoms with E-state index in [1.807, 2.05) is 120 Å². The molecular weight excluding hydrogens is 496 g/mol. The van der Waals surface area contributed by atoms with Gasteiger partial charge in [0, 0.05) is 18.3 Å². The molecule has 0 spiro atoms. The lowest BCUT2D eigenvalue weighted by Crippen LogP contribution is -2.38. The molecule has 0 aliphatic rings. The van der Waals surface area contributed by atoms with Crippen LogP contribution in [0.2, 0.25) is 0 Å². The molecule has 0 saturated heterocycles. The summed E-state index contributed by atoms with van der Waals surface area (Å²) in [6.45, 7) is 0.891. The summed E-state index contributed by atoms with van der Waals surface area (Å²) in [4.78, 5) is 15.8. The lowest BCUT2D eigenvalue weighted by atomic mass is 9.96. The number of benzene rings is 5. The Labute approximate surface area is 235 Å². The van der Waals surface area contributed by atoms with Gasteiger partial charge in [0.1, 0.15) is 18.1 Å². The summed E-state index contributed by atoms with van der Waals surface area (Å²) in [5.74, 6) is 1.46. The quantitative estimate of drug-likeness (QED) is 0.199. The normalized spacial score (nSPS) is 10.7. The molecule has 0 aliphatic heterocycles. The molecular formula is C35H32N2O3. The molecule has 5 aromatic rings. The fraction of sp³-hybridized carbons (Fsp3) is 0.114. The molecule has 5 heteroatoms. The van der Waals surface area contributed by atoms with E-state index in [4.69, 9.17) is 9.47 Å². The van der Waals surface area contributed by atoms with Crippen LogP contribution in [0.15, 0.2) is 140 Å². The van der Waals surface area contributed by atoms with Gasteiger partial charge >= 0.3 is 6.03 Å². The van der Waals surface area contributed by atoms with E-state index in [0.29, 0.717) is 24.6 Å². The van der Waals surface area contributed by atoms with Gasteiger partial charge in [-0.25, -0.2) is 4.79 Å². The molecule has 40 heavy (non-hydrogen) atoms. The van der Waals surface area contributed by atoms with Crippen LogP contribution in [0.25, 0.3) is 0 Å². The largest absolute Gasteiger partial charge is 0.497 e. The minimum atomic E-state index is -0.304. The van der Waals surface area contributed by atoms with Crippen LogP contribution in [0.1, 0.15) is 28.3 Å². The fourth-order valence-electron chi connectivity index (χ4n) is 4.63. The Kier molecular flexibility index (Phi) is 8.74. The van der Waals surface area contributed by atoms with E-state index in [9.17, 15) is 4.79 Å². The third-order valence-electron chi connectivity index (χ3n) is 6.65. The minimum absolute atomic E-state index is 0.213. The number of hydrogen-bond donors (Lipinski definition) is 1. The summed E-state index contributed by atoms with van der Waals surface area (Å²) >= 11 is 0. The topological polar surface area (TPSA) is 50.8 Å². The van der Waals surface area contributed by atoms with Crippen LogP contribution in [0.5, 0.6) is 11.5 Å². The molecule has 0 fully saturated rings. The first-order chi connectivity index (χ1) is 19.7. The van der Waals surface area contributed by atoms with Crippen LogP contribution in [0.4, 0.5) is 10.5 Å². The van der Waals surface area contributed by atoms with Gasteiger partial charge < -0.3 is 19.7 Å². The second kappa shape index (κ2) is 13.2. The van der Waals surface area contributed by atoms with E-state index in [-0.39, 0.29) is 12.1 Å². The third kappa shape index (κ3) is 6.88. The molecule has 0 saturated carbocycles. The lowest BCUT2D eigenvalue weighted by molar-refractivity contribution is 0.194. The zero-order chi connectivity index (χ0) is 27.6. The molecule has 0 bridgehead atoms. The van der Waals surface area contributed by atoms with Crippen molar-refractivity contribution in [3.8, 4) is 11.5 Å². The van der Waals surface area contributed by atoms with Gasteiger partial charge in [0.05, 0.1) is 13.2 Å². The van der Waals surface area contributed by atoms with Gasteiger partial charge in [-0.2, -0.15) is 0 Å². The number of hydrogen-bond acceptors (Lipinski definition) is 3. The number of amides is 2. The molecule has 5 nitrogen and oxygen atoms in total. The number of ether oxygens (including phenoxy) is 2. The van der Waals surface area contributed by atoms with Gasteiger partial charge in [-0.05, 0) is 46.5 Å². The molecule has 0 radical (unpaired) electrons. The Morgan fingerprint density at radius 2 is 1.27 bits per heavy atom. The van der Waals surface area contributed by atoms with Crippen LogP contribution in [-0.2, 0) is 13.2 Å². The van der Waals surface area contributed by atoms with Crippen LogP contribution in [0.3, 0.4) is 0 Å². The second-order valence-corrected chi connectivity index (χ2v) is 9.43. The molecule has 5 rings (SSSR count). The maximum Gasteiger partial charge on any atom is 0.322 e. The number of carbonyl (C=O) groups is 1. The van der Waals surface area contributed by atoms with Crippen LogP contribution < -0.4 is 14.8 Å². The number of anilines is 1. The standard InChI is InChI=1S/C35H32N2O3/c1-39-33-19-11-18-31(24-33)36-35(38)37(34(29-14-7-3-8-15-29)30-16-9-4-10-17-30)25-27-20-22-32(23-21-27)40-26-28-12-5-2-6-13-28/h2-24,34H,25-26H2,1H3,(H,36,38). The first-order valence-electron chi connectivity index (χ1n) is 13.3. The maximum absolute atomic E-state index is 14.0. The zero-order valence-electron chi connectivity index (χ0n) is 22.4. The van der Waals surface area contributed by atoms with E-state index in [1.165, 1.54) is 0 Å². The van der Waals surface area contributed by atoms with Crippen LogP contribution >= 0.6 is 0 Å². The summed E-state index contributed by atoms with van der Waals surface area (Å²) in [5, 5.41) is 3.09. The lowest BCUT2D eigenvalue weighted by Gasteiger charge is -2.33. The SMILES string of the molecule is COc1cccc(NC(=O)N(Cc2ccc(OCc3ccccc3)cc2)C(c2ccccc2)c2ccccc2)c1. The van der Waals surface area contributed by atoms with Gasteiger partial charge in [-0.3, -0.25) is 0 Å². The summed E-state index contributed by atoms with van der Waals surface area (Å²) in [7, 11) is 1.61. The van der Waals surface area contributed by atoms with E-state index < -0.39 is 0 Å². The smallest absolute Gasteiger partial charge is 0.322 e. The molecule has 0 aromatic heterocycles. The van der Waals surface area contributed by atoms with Crippen molar-refractivity contribution in [3.05, 3.63) is 162 Å². The minimum Gasteiger partial charge on any atom is -0.497 e. The van der Waals surface area contributed by atoms with Crippen molar-refractivity contribution in [2.24, 2.45) is 0 Å². The highest BCUT2D eigenvalue weighted by Gasteiger charge is 2.27. The molecule has 200 valence electrons. The summed E-state index contributed by atoms with van der Waals surface area (Å²) in [6.07, 6.45) is 0. The Morgan fingerprint density at radius 3 is 1.88 bits per heavy atom. The first-order valence-corrected chi connectivity index (χ1v) is 13.3. The molecule has 0 atom stereocenters. The first kappa shape index (κ1) is 26.6. The van der Waals surface area contributed by atoms with Gasteiger partial charge in [0.2, 0.25) is 0 Å².